The predicted octanol–water partition coefficient (Wildman–Crippen LogP) is 2.26. The summed E-state index contributed by atoms with van der Waals surface area (Å²) < 4.78 is 5.55. The molecule has 0 bridgehead atoms. The van der Waals surface area contributed by atoms with Gasteiger partial charge in [-0.1, -0.05) is 30.9 Å². The second kappa shape index (κ2) is 7.17. The fourth-order valence-corrected chi connectivity index (χ4v) is 2.53. The third kappa shape index (κ3) is 4.03. The van der Waals surface area contributed by atoms with Crippen molar-refractivity contribution in [3.8, 4) is 5.75 Å². The van der Waals surface area contributed by atoms with Gasteiger partial charge in [0.2, 0.25) is 0 Å². The molecule has 2 rings (SSSR count). The SMILES string of the molecule is C=CCOc1ccccc1CNC(=O)N1CCC(C)(C(=O)O)C1. The number of hydrogen-bond acceptors (Lipinski definition) is 3. The van der Waals surface area contributed by atoms with Crippen molar-refractivity contribution in [2.24, 2.45) is 5.41 Å². The van der Waals surface area contributed by atoms with Gasteiger partial charge < -0.3 is 20.1 Å². The van der Waals surface area contributed by atoms with Crippen molar-refractivity contribution in [1.29, 1.82) is 0 Å². The van der Waals surface area contributed by atoms with Crippen molar-refractivity contribution in [3.63, 3.8) is 0 Å². The number of aliphatic carboxylic acids is 1. The normalized spacial score (nSPS) is 20.1. The number of urea groups is 1. The number of carbonyl (C=O) groups is 2. The first kappa shape index (κ1) is 16.9. The monoisotopic (exact) mass is 318 g/mol. The van der Waals surface area contributed by atoms with E-state index in [2.05, 4.69) is 11.9 Å². The minimum Gasteiger partial charge on any atom is -0.489 e. The highest BCUT2D eigenvalue weighted by Crippen LogP contribution is 2.30. The van der Waals surface area contributed by atoms with Crippen LogP contribution in [0.15, 0.2) is 36.9 Å². The van der Waals surface area contributed by atoms with Gasteiger partial charge in [0.05, 0.1) is 5.41 Å². The van der Waals surface area contributed by atoms with E-state index in [1.54, 1.807) is 17.9 Å². The zero-order valence-corrected chi connectivity index (χ0v) is 13.2. The average molecular weight is 318 g/mol. The van der Waals surface area contributed by atoms with Crippen molar-refractivity contribution in [2.75, 3.05) is 19.7 Å². The van der Waals surface area contributed by atoms with Crippen LogP contribution < -0.4 is 10.1 Å². The second-order valence-corrected chi connectivity index (χ2v) is 5.90. The highest BCUT2D eigenvalue weighted by atomic mass is 16.5. The number of likely N-dealkylation sites (tertiary alicyclic amines) is 1. The van der Waals surface area contributed by atoms with E-state index in [1.807, 2.05) is 24.3 Å². The van der Waals surface area contributed by atoms with E-state index in [1.165, 1.54) is 0 Å². The van der Waals surface area contributed by atoms with E-state index >= 15 is 0 Å². The summed E-state index contributed by atoms with van der Waals surface area (Å²) in [6.45, 7) is 6.67. The second-order valence-electron chi connectivity index (χ2n) is 5.90. The van der Waals surface area contributed by atoms with Crippen molar-refractivity contribution in [3.05, 3.63) is 42.5 Å². The summed E-state index contributed by atoms with van der Waals surface area (Å²) >= 11 is 0. The van der Waals surface area contributed by atoms with Crippen LogP contribution >= 0.6 is 0 Å². The zero-order chi connectivity index (χ0) is 16.9. The van der Waals surface area contributed by atoms with E-state index in [4.69, 9.17) is 4.74 Å². The number of ether oxygens (including phenoxy) is 1. The quantitative estimate of drug-likeness (QED) is 0.789. The Morgan fingerprint density at radius 2 is 2.22 bits per heavy atom. The lowest BCUT2D eigenvalue weighted by Crippen LogP contribution is -2.40. The molecule has 1 heterocycles. The molecule has 6 heteroatoms. The molecule has 23 heavy (non-hydrogen) atoms. The van der Waals surface area contributed by atoms with Gasteiger partial charge in [0.15, 0.2) is 0 Å². The van der Waals surface area contributed by atoms with E-state index in [9.17, 15) is 14.7 Å². The average Bonchev–Trinajstić information content (AvgIpc) is 2.95. The lowest BCUT2D eigenvalue weighted by Gasteiger charge is -2.21. The minimum absolute atomic E-state index is 0.225. The van der Waals surface area contributed by atoms with Crippen LogP contribution in [0.5, 0.6) is 5.75 Å². The number of nitrogens with zero attached hydrogens (tertiary/aromatic N) is 1. The Balaban J connectivity index is 1.93. The Hall–Kier alpha value is -2.50. The summed E-state index contributed by atoms with van der Waals surface area (Å²) in [7, 11) is 0. The topological polar surface area (TPSA) is 78.9 Å². The molecule has 1 saturated heterocycles. The lowest BCUT2D eigenvalue weighted by atomic mass is 9.90. The maximum atomic E-state index is 12.2. The Morgan fingerprint density at radius 1 is 1.48 bits per heavy atom. The molecule has 1 aromatic rings. The molecule has 0 radical (unpaired) electrons. The van der Waals surface area contributed by atoms with Crippen LogP contribution in [0.4, 0.5) is 4.79 Å². The number of carbonyl (C=O) groups excluding carboxylic acids is 1. The fourth-order valence-electron chi connectivity index (χ4n) is 2.53. The summed E-state index contributed by atoms with van der Waals surface area (Å²) in [5, 5.41) is 12.0. The van der Waals surface area contributed by atoms with Crippen molar-refractivity contribution < 1.29 is 19.4 Å². The van der Waals surface area contributed by atoms with Crippen LogP contribution in [0.3, 0.4) is 0 Å². The maximum absolute atomic E-state index is 12.2. The van der Waals surface area contributed by atoms with Crippen LogP contribution in [-0.4, -0.2) is 41.7 Å². The first-order valence-electron chi connectivity index (χ1n) is 7.54. The van der Waals surface area contributed by atoms with Crippen LogP contribution in [0.1, 0.15) is 18.9 Å². The molecule has 1 aromatic carbocycles. The van der Waals surface area contributed by atoms with Gasteiger partial charge in [0.25, 0.3) is 0 Å². The third-order valence-electron chi connectivity index (χ3n) is 4.04. The first-order chi connectivity index (χ1) is 11.0. The van der Waals surface area contributed by atoms with Crippen LogP contribution in [0.25, 0.3) is 0 Å². The molecule has 0 aromatic heterocycles. The van der Waals surface area contributed by atoms with Gasteiger partial charge in [-0.15, -0.1) is 0 Å². The summed E-state index contributed by atoms with van der Waals surface area (Å²) in [4.78, 5) is 25.0. The van der Waals surface area contributed by atoms with Crippen molar-refractivity contribution in [2.45, 2.75) is 19.9 Å². The van der Waals surface area contributed by atoms with Gasteiger partial charge in [0, 0.05) is 25.2 Å². The van der Waals surface area contributed by atoms with Gasteiger partial charge in [-0.25, -0.2) is 4.79 Å². The lowest BCUT2D eigenvalue weighted by molar-refractivity contribution is -0.147. The molecule has 1 aliphatic heterocycles. The van der Waals surface area contributed by atoms with E-state index in [0.717, 1.165) is 5.56 Å². The number of carboxylic acid groups (broad SMARTS) is 1. The van der Waals surface area contributed by atoms with E-state index < -0.39 is 11.4 Å². The molecule has 1 aliphatic rings. The minimum atomic E-state index is -0.865. The molecular weight excluding hydrogens is 296 g/mol. The Labute approximate surface area is 135 Å². The highest BCUT2D eigenvalue weighted by Gasteiger charge is 2.42. The van der Waals surface area contributed by atoms with Gasteiger partial charge >= 0.3 is 12.0 Å². The summed E-state index contributed by atoms with van der Waals surface area (Å²) in [5.41, 5.74) is 0.00498. The van der Waals surface area contributed by atoms with E-state index in [-0.39, 0.29) is 12.6 Å². The third-order valence-corrected chi connectivity index (χ3v) is 4.04. The number of hydrogen-bond donors (Lipinski definition) is 2. The Kier molecular flexibility index (Phi) is 5.26. The standard InChI is InChI=1S/C17H22N2O4/c1-3-10-23-14-7-5-4-6-13(14)11-18-16(22)19-9-8-17(2,12-19)15(20)21/h3-7H,1,8-12H2,2H3,(H,18,22)(H,20,21). The first-order valence-corrected chi connectivity index (χ1v) is 7.54. The van der Waals surface area contributed by atoms with Crippen LogP contribution in [0.2, 0.25) is 0 Å². The van der Waals surface area contributed by atoms with Gasteiger partial charge in [-0.05, 0) is 19.4 Å². The molecule has 0 saturated carbocycles. The Bertz CT molecular complexity index is 602. The smallest absolute Gasteiger partial charge is 0.317 e. The number of rotatable bonds is 6. The van der Waals surface area contributed by atoms with Gasteiger partial charge in [0.1, 0.15) is 12.4 Å². The molecule has 1 atom stereocenters. The number of benzene rings is 1. The molecule has 0 aliphatic carbocycles. The number of nitrogens with one attached hydrogen (secondary N) is 1. The summed E-state index contributed by atoms with van der Waals surface area (Å²) in [6.07, 6.45) is 2.13. The van der Waals surface area contributed by atoms with E-state index in [0.29, 0.717) is 31.9 Å². The Morgan fingerprint density at radius 3 is 2.87 bits per heavy atom. The van der Waals surface area contributed by atoms with Gasteiger partial charge in [-0.3, -0.25) is 4.79 Å². The number of amides is 2. The van der Waals surface area contributed by atoms with Crippen molar-refractivity contribution >= 4 is 12.0 Å². The molecule has 0 spiro atoms. The molecule has 1 unspecified atom stereocenters. The molecule has 2 N–H and O–H groups in total. The van der Waals surface area contributed by atoms with Crippen molar-refractivity contribution in [1.82, 2.24) is 10.2 Å². The number of carboxylic acids is 1. The maximum Gasteiger partial charge on any atom is 0.317 e. The molecular formula is C17H22N2O4. The van der Waals surface area contributed by atoms with Gasteiger partial charge in [-0.2, -0.15) is 0 Å². The molecule has 2 amide bonds. The largest absolute Gasteiger partial charge is 0.489 e. The highest BCUT2D eigenvalue weighted by molar-refractivity contribution is 5.79. The van der Waals surface area contributed by atoms with Crippen LogP contribution in [-0.2, 0) is 11.3 Å². The van der Waals surface area contributed by atoms with Crippen LogP contribution in [0, 0.1) is 5.41 Å². The molecule has 124 valence electrons. The summed E-state index contributed by atoms with van der Waals surface area (Å²) in [6, 6.07) is 7.20. The fraction of sp³-hybridized carbons (Fsp3) is 0.412. The molecule has 1 fully saturated rings. The molecule has 6 nitrogen and oxygen atoms in total. The predicted molar refractivity (Wildman–Crippen MR) is 86.3 cm³/mol. The number of para-hydroxylation sites is 1. The summed E-state index contributed by atoms with van der Waals surface area (Å²) in [5.74, 6) is -0.166. The zero-order valence-electron chi connectivity index (χ0n) is 13.2.